The molecular weight excluding hydrogens is 615 g/mol. The van der Waals surface area contributed by atoms with Crippen molar-refractivity contribution in [2.45, 2.75) is 20.8 Å². The molecule has 0 unspecified atom stereocenters. The third kappa shape index (κ3) is 8.43. The first kappa shape index (κ1) is 29.4. The maximum Gasteiger partial charge on any atom is 0.329 e. The normalized spacial score (nSPS) is 10.6. The highest BCUT2D eigenvalue weighted by Crippen LogP contribution is 2.33. The molecule has 0 saturated carbocycles. The number of rotatable bonds is 10. The number of ether oxygens (including phenoxy) is 3. The molecule has 3 N–H and O–H groups in total. The number of hydrogen-bond donors (Lipinski definition) is 3. The van der Waals surface area contributed by atoms with E-state index < -0.39 is 11.8 Å². The molecule has 0 aliphatic carbocycles. The van der Waals surface area contributed by atoms with Gasteiger partial charge in [0.25, 0.3) is 5.91 Å². The highest BCUT2D eigenvalue weighted by Gasteiger charge is 2.16. The Morgan fingerprint density at radius 3 is 2.41 bits per heavy atom. The fourth-order valence-corrected chi connectivity index (χ4v) is 4.14. The molecule has 0 aromatic heterocycles. The monoisotopic (exact) mass is 644 g/mol. The lowest BCUT2D eigenvalue weighted by Crippen LogP contribution is -2.32. The Kier molecular flexibility index (Phi) is 10.7. The smallest absolute Gasteiger partial charge is 0.329 e. The molecule has 3 aromatic rings. The van der Waals surface area contributed by atoms with E-state index in [1.807, 2.05) is 61.6 Å². The Bertz CT molecular complexity index is 1390. The summed E-state index contributed by atoms with van der Waals surface area (Å²) in [4.78, 5) is 36.9. The highest BCUT2D eigenvalue weighted by atomic mass is 127. The minimum atomic E-state index is -0.950. The van der Waals surface area contributed by atoms with Crippen molar-refractivity contribution >= 4 is 57.9 Å². The first-order chi connectivity index (χ1) is 18.7. The van der Waals surface area contributed by atoms with Crippen LogP contribution in [0.3, 0.4) is 0 Å². The molecule has 0 bridgehead atoms. The predicted octanol–water partition coefficient (Wildman–Crippen LogP) is 4.42. The number of carbonyl (C=O) groups excluding carboxylic acids is 3. The average molecular weight is 644 g/mol. The minimum absolute atomic E-state index is 0.218. The molecule has 204 valence electrons. The molecule has 0 spiro atoms. The molecule has 3 rings (SSSR count). The van der Waals surface area contributed by atoms with E-state index in [1.54, 1.807) is 36.4 Å². The molecule has 10 nitrogen and oxygen atoms in total. The van der Waals surface area contributed by atoms with Crippen molar-refractivity contribution in [3.63, 3.8) is 0 Å². The predicted molar refractivity (Wildman–Crippen MR) is 158 cm³/mol. The molecule has 3 aromatic carbocycles. The zero-order valence-corrected chi connectivity index (χ0v) is 24.1. The maximum atomic E-state index is 12.4. The number of hydrazone groups is 1. The molecule has 0 saturated heterocycles. The van der Waals surface area contributed by atoms with E-state index in [0.29, 0.717) is 44.4 Å². The van der Waals surface area contributed by atoms with E-state index in [0.717, 1.165) is 11.1 Å². The lowest BCUT2D eigenvalue weighted by Gasteiger charge is -2.14. The number of nitrogens with zero attached hydrogens (tertiary/aromatic N) is 1. The van der Waals surface area contributed by atoms with E-state index in [1.165, 1.54) is 13.3 Å². The second kappa shape index (κ2) is 14.1. The average Bonchev–Trinajstić information content (AvgIpc) is 2.91. The van der Waals surface area contributed by atoms with Crippen LogP contribution in [0.25, 0.3) is 0 Å². The third-order valence-corrected chi connectivity index (χ3v) is 6.21. The van der Waals surface area contributed by atoms with Gasteiger partial charge in [0.1, 0.15) is 5.75 Å². The number of amides is 3. The van der Waals surface area contributed by atoms with Crippen LogP contribution in [0.1, 0.15) is 23.6 Å². The molecule has 0 atom stereocenters. The van der Waals surface area contributed by atoms with Gasteiger partial charge in [0.15, 0.2) is 18.1 Å². The maximum absolute atomic E-state index is 12.4. The van der Waals surface area contributed by atoms with Gasteiger partial charge in [0, 0.05) is 5.69 Å². The van der Waals surface area contributed by atoms with Crippen molar-refractivity contribution in [2.75, 3.05) is 31.0 Å². The Hall–Kier alpha value is -4.13. The third-order valence-electron chi connectivity index (χ3n) is 5.41. The summed E-state index contributed by atoms with van der Waals surface area (Å²) in [7, 11) is 1.47. The van der Waals surface area contributed by atoms with Crippen molar-refractivity contribution in [1.29, 1.82) is 0 Å². The van der Waals surface area contributed by atoms with Gasteiger partial charge in [-0.3, -0.25) is 14.4 Å². The van der Waals surface area contributed by atoms with Gasteiger partial charge < -0.3 is 24.8 Å². The second-order valence-corrected chi connectivity index (χ2v) is 9.41. The van der Waals surface area contributed by atoms with Crippen molar-refractivity contribution in [1.82, 2.24) is 5.43 Å². The van der Waals surface area contributed by atoms with E-state index >= 15 is 0 Å². The van der Waals surface area contributed by atoms with Gasteiger partial charge in [-0.1, -0.05) is 18.2 Å². The lowest BCUT2D eigenvalue weighted by atomic mass is 10.1. The van der Waals surface area contributed by atoms with E-state index in [4.69, 9.17) is 14.2 Å². The quantitative estimate of drug-likeness (QED) is 0.130. The molecule has 0 aliphatic rings. The first-order valence-electron chi connectivity index (χ1n) is 12.0. The van der Waals surface area contributed by atoms with Gasteiger partial charge >= 0.3 is 11.8 Å². The number of methoxy groups -OCH3 is 1. The fourth-order valence-electron chi connectivity index (χ4n) is 3.35. The van der Waals surface area contributed by atoms with Crippen LogP contribution in [0, 0.1) is 17.4 Å². The van der Waals surface area contributed by atoms with Crippen molar-refractivity contribution in [3.05, 3.63) is 74.9 Å². The number of benzene rings is 3. The number of anilines is 2. The lowest BCUT2D eigenvalue weighted by molar-refractivity contribution is -0.136. The summed E-state index contributed by atoms with van der Waals surface area (Å²) < 4.78 is 17.3. The Morgan fingerprint density at radius 2 is 1.69 bits per heavy atom. The highest BCUT2D eigenvalue weighted by molar-refractivity contribution is 14.1. The second-order valence-electron chi connectivity index (χ2n) is 8.25. The summed E-state index contributed by atoms with van der Waals surface area (Å²) in [5, 5.41) is 9.18. The summed E-state index contributed by atoms with van der Waals surface area (Å²) >= 11 is 2.05. The molecule has 0 heterocycles. The summed E-state index contributed by atoms with van der Waals surface area (Å²) in [6.07, 6.45) is 1.36. The summed E-state index contributed by atoms with van der Waals surface area (Å²) in [5.74, 6) is -0.938. The van der Waals surface area contributed by atoms with E-state index in [9.17, 15) is 14.4 Å². The number of halogens is 1. The van der Waals surface area contributed by atoms with Crippen LogP contribution in [0.5, 0.6) is 17.2 Å². The SMILES string of the molecule is CCOc1ccccc1NC(=O)C(=O)N/N=C\c1cc(I)c(OCC(=O)Nc2ccc(C)c(C)c2)c(OC)c1. The van der Waals surface area contributed by atoms with Crippen LogP contribution >= 0.6 is 22.6 Å². The number of hydrogen-bond acceptors (Lipinski definition) is 7. The summed E-state index contributed by atoms with van der Waals surface area (Å²) in [6, 6.07) is 15.8. The first-order valence-corrected chi connectivity index (χ1v) is 13.0. The Balaban J connectivity index is 1.59. The number of carbonyl (C=O) groups is 3. The van der Waals surface area contributed by atoms with Crippen LogP contribution in [0.2, 0.25) is 0 Å². The van der Waals surface area contributed by atoms with Gasteiger partial charge in [-0.05, 0) is 96.5 Å². The molecule has 0 radical (unpaired) electrons. The van der Waals surface area contributed by atoms with E-state index in [2.05, 4.69) is 21.2 Å². The zero-order valence-electron chi connectivity index (χ0n) is 22.0. The van der Waals surface area contributed by atoms with Crippen LogP contribution in [0.4, 0.5) is 11.4 Å². The minimum Gasteiger partial charge on any atom is -0.493 e. The van der Waals surface area contributed by atoms with E-state index in [-0.39, 0.29) is 12.5 Å². The summed E-state index contributed by atoms with van der Waals surface area (Å²) in [5.41, 5.74) is 6.05. The number of para-hydroxylation sites is 2. The Morgan fingerprint density at radius 1 is 0.923 bits per heavy atom. The molecule has 11 heteroatoms. The summed E-state index contributed by atoms with van der Waals surface area (Å²) in [6.45, 7) is 5.99. The largest absolute Gasteiger partial charge is 0.493 e. The number of aryl methyl sites for hydroxylation is 2. The van der Waals surface area contributed by atoms with Gasteiger partial charge in [-0.2, -0.15) is 5.10 Å². The van der Waals surface area contributed by atoms with Crippen molar-refractivity contribution < 1.29 is 28.6 Å². The van der Waals surface area contributed by atoms with Gasteiger partial charge in [-0.15, -0.1) is 0 Å². The Labute approximate surface area is 240 Å². The molecule has 0 aliphatic heterocycles. The van der Waals surface area contributed by atoms with Crippen LogP contribution < -0.4 is 30.3 Å². The molecule has 39 heavy (non-hydrogen) atoms. The van der Waals surface area contributed by atoms with Crippen LogP contribution in [-0.4, -0.2) is 44.3 Å². The van der Waals surface area contributed by atoms with Crippen LogP contribution in [0.15, 0.2) is 59.7 Å². The van der Waals surface area contributed by atoms with Gasteiger partial charge in [0.05, 0.1) is 29.2 Å². The standard InChI is InChI=1S/C28H29IN4O6/c1-5-38-23-9-7-6-8-22(23)32-27(35)28(36)33-30-15-19-13-21(29)26(24(14-19)37-4)39-16-25(34)31-20-11-10-17(2)18(3)12-20/h6-15H,5,16H2,1-4H3,(H,31,34)(H,32,35)(H,33,36)/b30-15-. The fraction of sp³-hybridized carbons (Fsp3) is 0.214. The number of nitrogens with one attached hydrogen (secondary N) is 3. The zero-order chi connectivity index (χ0) is 28.4. The van der Waals surface area contributed by atoms with Gasteiger partial charge in [0.2, 0.25) is 0 Å². The van der Waals surface area contributed by atoms with Gasteiger partial charge in [-0.25, -0.2) is 5.43 Å². The van der Waals surface area contributed by atoms with Crippen LogP contribution in [-0.2, 0) is 14.4 Å². The molecule has 0 fully saturated rings. The molecule has 3 amide bonds. The van der Waals surface area contributed by atoms with Crippen molar-refractivity contribution in [3.8, 4) is 17.2 Å². The topological polar surface area (TPSA) is 127 Å². The molecular formula is C28H29IN4O6. The van der Waals surface area contributed by atoms with Crippen molar-refractivity contribution in [2.24, 2.45) is 5.10 Å².